The van der Waals surface area contributed by atoms with Gasteiger partial charge in [0.25, 0.3) is 0 Å². The van der Waals surface area contributed by atoms with Gasteiger partial charge in [0.15, 0.2) is 0 Å². The first-order valence-corrected chi connectivity index (χ1v) is 10.6. The van der Waals surface area contributed by atoms with Crippen LogP contribution in [0.25, 0.3) is 11.4 Å². The van der Waals surface area contributed by atoms with Crippen LogP contribution in [0.15, 0.2) is 47.0 Å². The highest BCUT2D eigenvalue weighted by Gasteiger charge is 2.26. The zero-order chi connectivity index (χ0) is 21.8. The number of ether oxygens (including phenoxy) is 1. The van der Waals surface area contributed by atoms with Gasteiger partial charge < -0.3 is 14.6 Å². The third-order valence-electron chi connectivity index (χ3n) is 5.88. The number of nitrogens with zero attached hydrogens (tertiary/aromatic N) is 3. The van der Waals surface area contributed by atoms with Crippen LogP contribution in [0.5, 0.6) is 5.75 Å². The first kappa shape index (κ1) is 21.1. The average molecular weight is 421 g/mol. The Hall–Kier alpha value is -3.19. The molecule has 1 amide bonds. The number of amides is 1. The Morgan fingerprint density at radius 3 is 2.55 bits per heavy atom. The smallest absolute Gasteiger partial charge is 0.238 e. The molecule has 1 aliphatic rings. The lowest BCUT2D eigenvalue weighted by Crippen LogP contribution is -2.38. The number of aromatic nitrogens is 2. The Balaban J connectivity index is 1.29. The van der Waals surface area contributed by atoms with Gasteiger partial charge in [-0.15, -0.1) is 0 Å². The topological polar surface area (TPSA) is 80.5 Å². The van der Waals surface area contributed by atoms with Gasteiger partial charge in [-0.25, -0.2) is 0 Å². The molecule has 2 aromatic carbocycles. The highest BCUT2D eigenvalue weighted by atomic mass is 16.5. The molecule has 3 aromatic rings. The van der Waals surface area contributed by atoms with E-state index in [1.807, 2.05) is 49.4 Å². The maximum Gasteiger partial charge on any atom is 0.238 e. The second kappa shape index (κ2) is 9.31. The number of nitrogens with one attached hydrogen (secondary N) is 1. The summed E-state index contributed by atoms with van der Waals surface area (Å²) in [5.74, 6) is 2.29. The van der Waals surface area contributed by atoms with Gasteiger partial charge in [-0.2, -0.15) is 4.98 Å². The molecule has 0 aliphatic carbocycles. The highest BCUT2D eigenvalue weighted by molar-refractivity contribution is 5.92. The van der Waals surface area contributed by atoms with E-state index < -0.39 is 0 Å². The van der Waals surface area contributed by atoms with E-state index in [0.717, 1.165) is 42.9 Å². The largest absolute Gasteiger partial charge is 0.497 e. The molecule has 31 heavy (non-hydrogen) atoms. The lowest BCUT2D eigenvalue weighted by molar-refractivity contribution is -0.117. The minimum absolute atomic E-state index is 0.0151. The number of carbonyl (C=O) groups excluding carboxylic acids is 1. The normalized spacial score (nSPS) is 15.1. The summed E-state index contributed by atoms with van der Waals surface area (Å²) in [6.07, 6.45) is 1.78. The fraction of sp³-hybridized carbons (Fsp3) is 0.375. The number of methoxy groups -OCH3 is 1. The van der Waals surface area contributed by atoms with E-state index in [0.29, 0.717) is 18.3 Å². The SMILES string of the molecule is COc1ccc(-c2noc(C3CCN(CC(=O)Nc4ccc(C)c(C)c4)CC3)n2)cc1. The van der Waals surface area contributed by atoms with Crippen LogP contribution in [0.4, 0.5) is 5.69 Å². The molecule has 1 aliphatic heterocycles. The quantitative estimate of drug-likeness (QED) is 0.644. The van der Waals surface area contributed by atoms with Gasteiger partial charge in [-0.05, 0) is 87.3 Å². The summed E-state index contributed by atoms with van der Waals surface area (Å²) in [4.78, 5) is 19.2. The van der Waals surface area contributed by atoms with Crippen LogP contribution in [0.3, 0.4) is 0 Å². The highest BCUT2D eigenvalue weighted by Crippen LogP contribution is 2.29. The Labute approximate surface area is 182 Å². The van der Waals surface area contributed by atoms with Crippen LogP contribution < -0.4 is 10.1 Å². The number of hydrogen-bond acceptors (Lipinski definition) is 6. The van der Waals surface area contributed by atoms with Crippen molar-refractivity contribution in [2.24, 2.45) is 0 Å². The monoisotopic (exact) mass is 420 g/mol. The molecule has 1 aromatic heterocycles. The number of aryl methyl sites for hydroxylation is 2. The second-order valence-electron chi connectivity index (χ2n) is 8.08. The van der Waals surface area contributed by atoms with Gasteiger partial charge in [-0.3, -0.25) is 9.69 Å². The molecule has 0 bridgehead atoms. The van der Waals surface area contributed by atoms with Crippen molar-refractivity contribution in [1.82, 2.24) is 15.0 Å². The average Bonchev–Trinajstić information content (AvgIpc) is 3.27. The van der Waals surface area contributed by atoms with E-state index >= 15 is 0 Å². The van der Waals surface area contributed by atoms with E-state index in [-0.39, 0.29) is 11.8 Å². The molecule has 4 rings (SSSR count). The predicted octanol–water partition coefficient (Wildman–Crippen LogP) is 4.18. The molecule has 1 fully saturated rings. The molecule has 0 radical (unpaired) electrons. The van der Waals surface area contributed by atoms with Crippen molar-refractivity contribution in [3.8, 4) is 17.1 Å². The summed E-state index contributed by atoms with van der Waals surface area (Å²) in [7, 11) is 1.64. The maximum absolute atomic E-state index is 12.4. The van der Waals surface area contributed by atoms with Crippen molar-refractivity contribution in [3.05, 3.63) is 59.5 Å². The van der Waals surface area contributed by atoms with Gasteiger partial charge >= 0.3 is 0 Å². The summed E-state index contributed by atoms with van der Waals surface area (Å²) >= 11 is 0. The molecular weight excluding hydrogens is 392 g/mol. The lowest BCUT2D eigenvalue weighted by atomic mass is 9.97. The summed E-state index contributed by atoms with van der Waals surface area (Å²) in [5.41, 5.74) is 4.14. The molecule has 2 heterocycles. The van der Waals surface area contributed by atoms with E-state index in [1.165, 1.54) is 11.1 Å². The van der Waals surface area contributed by atoms with Crippen molar-refractivity contribution in [1.29, 1.82) is 0 Å². The minimum Gasteiger partial charge on any atom is -0.497 e. The van der Waals surface area contributed by atoms with Crippen LogP contribution in [-0.4, -0.2) is 47.7 Å². The fourth-order valence-electron chi connectivity index (χ4n) is 3.82. The van der Waals surface area contributed by atoms with Crippen LogP contribution in [0.2, 0.25) is 0 Å². The van der Waals surface area contributed by atoms with Gasteiger partial charge in [0.05, 0.1) is 13.7 Å². The number of piperidine rings is 1. The molecule has 162 valence electrons. The second-order valence-corrected chi connectivity index (χ2v) is 8.08. The lowest BCUT2D eigenvalue weighted by Gasteiger charge is -2.29. The zero-order valence-electron chi connectivity index (χ0n) is 18.2. The van der Waals surface area contributed by atoms with E-state index in [2.05, 4.69) is 27.3 Å². The number of benzene rings is 2. The number of hydrogen-bond donors (Lipinski definition) is 1. The van der Waals surface area contributed by atoms with Gasteiger partial charge in [0.1, 0.15) is 5.75 Å². The number of rotatable bonds is 6. The first-order valence-electron chi connectivity index (χ1n) is 10.6. The van der Waals surface area contributed by atoms with Crippen molar-refractivity contribution in [2.45, 2.75) is 32.6 Å². The zero-order valence-corrected chi connectivity index (χ0v) is 18.2. The Kier molecular flexibility index (Phi) is 6.32. The predicted molar refractivity (Wildman–Crippen MR) is 119 cm³/mol. The van der Waals surface area contributed by atoms with Gasteiger partial charge in [0.2, 0.25) is 17.6 Å². The van der Waals surface area contributed by atoms with Crippen LogP contribution in [-0.2, 0) is 4.79 Å². The Morgan fingerprint density at radius 1 is 1.13 bits per heavy atom. The van der Waals surface area contributed by atoms with Crippen LogP contribution in [0.1, 0.15) is 35.8 Å². The molecule has 0 unspecified atom stereocenters. The van der Waals surface area contributed by atoms with Crippen LogP contribution in [0, 0.1) is 13.8 Å². The number of likely N-dealkylation sites (tertiary alicyclic amines) is 1. The molecule has 0 atom stereocenters. The standard InChI is InChI=1S/C24H28N4O3/c1-16-4-7-20(14-17(16)2)25-22(29)15-28-12-10-19(11-13-28)24-26-23(27-31-24)18-5-8-21(30-3)9-6-18/h4-9,14,19H,10-13,15H2,1-3H3,(H,25,29). The Morgan fingerprint density at radius 2 is 1.87 bits per heavy atom. The summed E-state index contributed by atoms with van der Waals surface area (Å²) in [5, 5.41) is 7.14. The molecule has 1 saturated heterocycles. The Bertz CT molecular complexity index is 1040. The minimum atomic E-state index is 0.0151. The van der Waals surface area contributed by atoms with Crippen molar-refractivity contribution >= 4 is 11.6 Å². The summed E-state index contributed by atoms with van der Waals surface area (Å²) < 4.78 is 10.7. The summed E-state index contributed by atoms with van der Waals surface area (Å²) in [6, 6.07) is 13.6. The maximum atomic E-state index is 12.4. The first-order chi connectivity index (χ1) is 15.0. The van der Waals surface area contributed by atoms with E-state index in [1.54, 1.807) is 7.11 Å². The molecule has 0 saturated carbocycles. The van der Waals surface area contributed by atoms with Crippen LogP contribution >= 0.6 is 0 Å². The number of carbonyl (C=O) groups is 1. The van der Waals surface area contributed by atoms with E-state index in [9.17, 15) is 4.79 Å². The molecule has 7 heteroatoms. The molecule has 7 nitrogen and oxygen atoms in total. The van der Waals surface area contributed by atoms with Crippen molar-refractivity contribution in [3.63, 3.8) is 0 Å². The molecule has 0 spiro atoms. The molecular formula is C24H28N4O3. The van der Waals surface area contributed by atoms with Crippen molar-refractivity contribution < 1.29 is 14.1 Å². The van der Waals surface area contributed by atoms with Gasteiger partial charge in [-0.1, -0.05) is 11.2 Å². The van der Waals surface area contributed by atoms with Gasteiger partial charge in [0, 0.05) is 17.2 Å². The number of anilines is 1. The molecule has 1 N–H and O–H groups in total. The third kappa shape index (κ3) is 5.11. The summed E-state index contributed by atoms with van der Waals surface area (Å²) in [6.45, 7) is 6.15. The van der Waals surface area contributed by atoms with E-state index in [4.69, 9.17) is 9.26 Å². The fourth-order valence-corrected chi connectivity index (χ4v) is 3.82. The van der Waals surface area contributed by atoms with Crippen molar-refractivity contribution in [2.75, 3.05) is 32.1 Å². The third-order valence-corrected chi connectivity index (χ3v) is 5.88.